The van der Waals surface area contributed by atoms with Crippen molar-refractivity contribution < 1.29 is 52.8 Å². The van der Waals surface area contributed by atoms with E-state index in [0.29, 0.717) is 12.4 Å². The SMILES string of the molecule is CCCCCCCCCc1ccccc1OP(=O)([O-])OCC1CO1.[Na+]. The van der Waals surface area contributed by atoms with Crippen molar-refractivity contribution in [2.45, 2.75) is 64.4 Å². The predicted octanol–water partition coefficient (Wildman–Crippen LogP) is 1.25. The van der Waals surface area contributed by atoms with Gasteiger partial charge in [0, 0.05) is 0 Å². The minimum atomic E-state index is -4.34. The molecule has 2 rings (SSSR count). The van der Waals surface area contributed by atoms with Crippen molar-refractivity contribution >= 4 is 7.82 Å². The van der Waals surface area contributed by atoms with Gasteiger partial charge >= 0.3 is 37.4 Å². The molecule has 0 radical (unpaired) electrons. The van der Waals surface area contributed by atoms with Gasteiger partial charge in [0.25, 0.3) is 0 Å². The van der Waals surface area contributed by atoms with Crippen LogP contribution < -0.4 is 39.0 Å². The molecule has 136 valence electrons. The third-order valence-corrected chi connectivity index (χ3v) is 4.94. The molecule has 0 N–H and O–H groups in total. The second-order valence-corrected chi connectivity index (χ2v) is 7.60. The quantitative estimate of drug-likeness (QED) is 0.224. The first-order valence-electron chi connectivity index (χ1n) is 8.95. The second kappa shape index (κ2) is 12.5. The van der Waals surface area contributed by atoms with Crippen LogP contribution in [0.5, 0.6) is 5.75 Å². The fourth-order valence-corrected chi connectivity index (χ4v) is 3.38. The summed E-state index contributed by atoms with van der Waals surface area (Å²) in [5, 5.41) is 0. The summed E-state index contributed by atoms with van der Waals surface area (Å²) in [5.41, 5.74) is 0.911. The Kier molecular flexibility index (Phi) is 11.6. The minimum absolute atomic E-state index is 0. The van der Waals surface area contributed by atoms with Crippen molar-refractivity contribution in [1.82, 2.24) is 0 Å². The van der Waals surface area contributed by atoms with Crippen molar-refractivity contribution in [3.63, 3.8) is 0 Å². The predicted molar refractivity (Wildman–Crippen MR) is 92.1 cm³/mol. The normalized spacial score (nSPS) is 18.2. The molecule has 0 bridgehead atoms. The van der Waals surface area contributed by atoms with Gasteiger partial charge in [-0.25, -0.2) is 0 Å². The molecule has 5 nitrogen and oxygen atoms in total. The van der Waals surface area contributed by atoms with Crippen LogP contribution in [0.2, 0.25) is 0 Å². The standard InChI is InChI=1S/C18H29O5P.Na/c1-2-3-4-5-6-7-8-11-16-12-9-10-13-18(16)23-24(19,20)22-15-17-14-21-17;/h9-10,12-13,17H,2-8,11,14-15H2,1H3,(H,19,20);/q;+1/p-1. The van der Waals surface area contributed by atoms with Crippen LogP contribution in [-0.2, 0) is 20.2 Å². The number of phosphoric acid groups is 1. The van der Waals surface area contributed by atoms with E-state index in [-0.39, 0.29) is 42.3 Å². The van der Waals surface area contributed by atoms with Gasteiger partial charge in [0.15, 0.2) is 0 Å². The van der Waals surface area contributed by atoms with Crippen LogP contribution in [0.4, 0.5) is 0 Å². The van der Waals surface area contributed by atoms with Gasteiger partial charge in [-0.2, -0.15) is 0 Å². The van der Waals surface area contributed by atoms with E-state index in [1.807, 2.05) is 12.1 Å². The molecule has 0 spiro atoms. The fourth-order valence-electron chi connectivity index (χ4n) is 2.56. The number of phosphoric ester groups is 1. The van der Waals surface area contributed by atoms with E-state index in [1.165, 1.54) is 32.1 Å². The Hall–Kier alpha value is 0.130. The van der Waals surface area contributed by atoms with Gasteiger partial charge in [0.05, 0.1) is 13.2 Å². The number of aryl methyl sites for hydroxylation is 1. The first-order chi connectivity index (χ1) is 11.6. The Balaban J connectivity index is 0.00000312. The van der Waals surface area contributed by atoms with E-state index in [9.17, 15) is 9.46 Å². The molecule has 0 aromatic heterocycles. The van der Waals surface area contributed by atoms with Crippen LogP contribution in [-0.4, -0.2) is 19.3 Å². The molecule has 1 aliphatic rings. The average molecular weight is 378 g/mol. The monoisotopic (exact) mass is 378 g/mol. The largest absolute Gasteiger partial charge is 1.00 e. The van der Waals surface area contributed by atoms with E-state index < -0.39 is 7.82 Å². The number of para-hydroxylation sites is 1. The van der Waals surface area contributed by atoms with Crippen molar-refractivity contribution in [2.75, 3.05) is 13.2 Å². The zero-order chi connectivity index (χ0) is 17.3. The maximum atomic E-state index is 11.9. The number of rotatable bonds is 13. The molecule has 1 aromatic carbocycles. The van der Waals surface area contributed by atoms with Crippen LogP contribution in [0.25, 0.3) is 0 Å². The Morgan fingerprint density at radius 1 is 1.16 bits per heavy atom. The second-order valence-electron chi connectivity index (χ2n) is 6.27. The first kappa shape index (κ1) is 23.2. The summed E-state index contributed by atoms with van der Waals surface area (Å²) in [4.78, 5) is 11.9. The van der Waals surface area contributed by atoms with E-state index in [0.717, 1.165) is 24.8 Å². The molecule has 1 fully saturated rings. The van der Waals surface area contributed by atoms with Crippen LogP contribution in [0.15, 0.2) is 24.3 Å². The Morgan fingerprint density at radius 2 is 1.80 bits per heavy atom. The summed E-state index contributed by atoms with van der Waals surface area (Å²) >= 11 is 0. The number of epoxide rings is 1. The van der Waals surface area contributed by atoms with Crippen LogP contribution in [0.3, 0.4) is 0 Å². The fraction of sp³-hybridized carbons (Fsp3) is 0.667. The molecule has 1 heterocycles. The van der Waals surface area contributed by atoms with Gasteiger partial charge < -0.3 is 18.7 Å². The van der Waals surface area contributed by atoms with Gasteiger partial charge in [-0.3, -0.25) is 4.57 Å². The minimum Gasteiger partial charge on any atom is -0.746 e. The number of unbranched alkanes of at least 4 members (excludes halogenated alkanes) is 6. The Morgan fingerprint density at radius 3 is 2.48 bits per heavy atom. The maximum absolute atomic E-state index is 11.9. The molecule has 1 aromatic rings. The van der Waals surface area contributed by atoms with E-state index in [2.05, 4.69) is 6.92 Å². The molecule has 25 heavy (non-hydrogen) atoms. The van der Waals surface area contributed by atoms with Gasteiger partial charge in [-0.1, -0.05) is 63.6 Å². The third-order valence-electron chi connectivity index (χ3n) is 4.05. The summed E-state index contributed by atoms with van der Waals surface area (Å²) in [5.74, 6) is 0.374. The van der Waals surface area contributed by atoms with Crippen molar-refractivity contribution in [2.24, 2.45) is 0 Å². The molecule has 2 unspecified atom stereocenters. The average Bonchev–Trinajstić information content (AvgIpc) is 3.38. The van der Waals surface area contributed by atoms with Crippen LogP contribution >= 0.6 is 7.82 Å². The summed E-state index contributed by atoms with van der Waals surface area (Å²) in [7, 11) is -4.34. The molecule has 1 saturated heterocycles. The number of ether oxygens (including phenoxy) is 1. The molecular weight excluding hydrogens is 350 g/mol. The van der Waals surface area contributed by atoms with Gasteiger partial charge in [-0.15, -0.1) is 0 Å². The number of hydrogen-bond acceptors (Lipinski definition) is 5. The van der Waals surface area contributed by atoms with E-state index >= 15 is 0 Å². The molecule has 2 atom stereocenters. The number of hydrogen-bond donors (Lipinski definition) is 0. The molecule has 7 heteroatoms. The third kappa shape index (κ3) is 10.1. The molecule has 0 amide bonds. The van der Waals surface area contributed by atoms with Crippen molar-refractivity contribution in [3.05, 3.63) is 29.8 Å². The summed E-state index contributed by atoms with van der Waals surface area (Å²) in [6.45, 7) is 2.79. The van der Waals surface area contributed by atoms with Gasteiger partial charge in [0.1, 0.15) is 11.9 Å². The molecule has 0 saturated carbocycles. The molecule has 0 aliphatic carbocycles. The summed E-state index contributed by atoms with van der Waals surface area (Å²) < 4.78 is 26.8. The number of benzene rings is 1. The Labute approximate surface area is 173 Å². The smallest absolute Gasteiger partial charge is 0.746 e. The first-order valence-corrected chi connectivity index (χ1v) is 10.4. The summed E-state index contributed by atoms with van der Waals surface area (Å²) in [6, 6.07) is 7.26. The maximum Gasteiger partial charge on any atom is 1.00 e. The zero-order valence-electron chi connectivity index (χ0n) is 15.4. The molecule has 1 aliphatic heterocycles. The van der Waals surface area contributed by atoms with Gasteiger partial charge in [-0.05, 0) is 24.5 Å². The summed E-state index contributed by atoms with van der Waals surface area (Å²) in [6.07, 6.45) is 9.27. The van der Waals surface area contributed by atoms with Crippen LogP contribution in [0, 0.1) is 0 Å². The van der Waals surface area contributed by atoms with Crippen LogP contribution in [0.1, 0.15) is 57.4 Å². The van der Waals surface area contributed by atoms with Gasteiger partial charge in [0.2, 0.25) is 0 Å². The van der Waals surface area contributed by atoms with E-state index in [1.54, 1.807) is 12.1 Å². The van der Waals surface area contributed by atoms with Crippen molar-refractivity contribution in [1.29, 1.82) is 0 Å². The van der Waals surface area contributed by atoms with E-state index in [4.69, 9.17) is 13.8 Å². The topological polar surface area (TPSA) is 71.1 Å². The zero-order valence-corrected chi connectivity index (χ0v) is 18.3. The Bertz CT molecular complexity index is 536. The van der Waals surface area contributed by atoms with Crippen molar-refractivity contribution in [3.8, 4) is 5.75 Å². The molecular formula is C18H28NaO5P.